The number of nitrogens with one attached hydrogen (secondary N) is 2. The van der Waals surface area contributed by atoms with Crippen molar-refractivity contribution in [2.24, 2.45) is 0 Å². The maximum atomic E-state index is 12.7. The largest absolute Gasteiger partial charge is 0.507 e. The lowest BCUT2D eigenvalue weighted by atomic mass is 10.1. The Bertz CT molecular complexity index is 1410. The van der Waals surface area contributed by atoms with E-state index in [0.717, 1.165) is 11.1 Å². The summed E-state index contributed by atoms with van der Waals surface area (Å²) in [6, 6.07) is 12.0. The van der Waals surface area contributed by atoms with E-state index >= 15 is 0 Å². The van der Waals surface area contributed by atoms with Crippen LogP contribution in [0.15, 0.2) is 72.5 Å². The maximum Gasteiger partial charge on any atom is 0.339 e. The van der Waals surface area contributed by atoms with Crippen molar-refractivity contribution in [3.63, 3.8) is 0 Å². The minimum atomic E-state index is -1.13. The first-order valence-corrected chi connectivity index (χ1v) is 11.8. The molecule has 0 aliphatic carbocycles. The number of H-pyrrole nitrogens is 1. The molecule has 0 aliphatic rings. The number of hydrogen-bond donors (Lipinski definition) is 4. The molecule has 8 heteroatoms. The topological polar surface area (TPSA) is 102 Å². The van der Waals surface area contributed by atoms with Crippen molar-refractivity contribution in [1.29, 1.82) is 0 Å². The molecule has 0 saturated heterocycles. The summed E-state index contributed by atoms with van der Waals surface area (Å²) >= 11 is 7.17. The number of rotatable bonds is 4. The van der Waals surface area contributed by atoms with Crippen LogP contribution in [0.2, 0.25) is 5.02 Å². The van der Waals surface area contributed by atoms with E-state index in [1.165, 1.54) is 23.5 Å². The SMILES string of the molecule is C=C=C=C.CC.Cc1ccc(-c2scc(NC(=O)c3cc4c(O)cc(Cl)cc4[nH]3)c2C(=O)O)cc1. The summed E-state index contributed by atoms with van der Waals surface area (Å²) in [5.41, 5.74) is 7.40. The van der Waals surface area contributed by atoms with Gasteiger partial charge in [-0.3, -0.25) is 4.79 Å². The van der Waals surface area contributed by atoms with Crippen LogP contribution >= 0.6 is 22.9 Å². The van der Waals surface area contributed by atoms with Gasteiger partial charge in [0.05, 0.1) is 16.1 Å². The number of carboxylic acid groups (broad SMARTS) is 1. The molecule has 1 amide bonds. The van der Waals surface area contributed by atoms with Gasteiger partial charge in [0, 0.05) is 15.8 Å². The van der Waals surface area contributed by atoms with E-state index in [0.29, 0.717) is 20.8 Å². The molecule has 0 unspecified atom stereocenters. The molecule has 0 saturated carbocycles. The molecule has 0 atom stereocenters. The number of carbonyl (C=O) groups excluding carboxylic acids is 1. The van der Waals surface area contributed by atoms with Crippen molar-refractivity contribution in [3.8, 4) is 16.2 Å². The van der Waals surface area contributed by atoms with Gasteiger partial charge in [-0.25, -0.2) is 4.79 Å². The number of aromatic amines is 1. The fourth-order valence-electron chi connectivity index (χ4n) is 3.08. The number of benzene rings is 2. The Morgan fingerprint density at radius 3 is 2.29 bits per heavy atom. The number of fused-ring (bicyclic) bond motifs is 1. The van der Waals surface area contributed by atoms with E-state index in [1.54, 1.807) is 11.4 Å². The minimum absolute atomic E-state index is 0.0363. The summed E-state index contributed by atoms with van der Waals surface area (Å²) in [6.07, 6.45) is 0. The molecule has 0 fully saturated rings. The number of halogens is 1. The zero-order valence-electron chi connectivity index (χ0n) is 19.5. The average Bonchev–Trinajstić information content (AvgIpc) is 3.46. The van der Waals surface area contributed by atoms with E-state index in [2.05, 4.69) is 34.9 Å². The molecule has 0 aliphatic heterocycles. The summed E-state index contributed by atoms with van der Waals surface area (Å²) < 4.78 is 0. The van der Waals surface area contributed by atoms with Gasteiger partial charge < -0.3 is 20.5 Å². The van der Waals surface area contributed by atoms with Crippen LogP contribution in [0, 0.1) is 6.92 Å². The number of aromatic hydroxyl groups is 1. The summed E-state index contributed by atoms with van der Waals surface area (Å²) in [5.74, 6) is -1.70. The van der Waals surface area contributed by atoms with Crippen LogP contribution in [-0.4, -0.2) is 27.1 Å². The average molecular weight is 509 g/mol. The van der Waals surface area contributed by atoms with Gasteiger partial charge in [0.25, 0.3) is 5.91 Å². The first-order chi connectivity index (χ1) is 16.7. The number of carbonyl (C=O) groups is 2. The highest BCUT2D eigenvalue weighted by Gasteiger charge is 2.22. The molecule has 0 bridgehead atoms. The van der Waals surface area contributed by atoms with E-state index in [4.69, 9.17) is 11.6 Å². The lowest BCUT2D eigenvalue weighted by Gasteiger charge is -2.05. The Labute approximate surface area is 212 Å². The lowest BCUT2D eigenvalue weighted by Crippen LogP contribution is -2.14. The van der Waals surface area contributed by atoms with Crippen molar-refractivity contribution in [2.45, 2.75) is 20.8 Å². The van der Waals surface area contributed by atoms with Crippen molar-refractivity contribution in [3.05, 3.63) is 94.3 Å². The third kappa shape index (κ3) is 6.54. The van der Waals surface area contributed by atoms with E-state index in [-0.39, 0.29) is 22.7 Å². The lowest BCUT2D eigenvalue weighted by molar-refractivity contribution is 0.0699. The zero-order chi connectivity index (χ0) is 26.1. The molecule has 4 N–H and O–H groups in total. The van der Waals surface area contributed by atoms with Crippen LogP contribution in [0.5, 0.6) is 5.75 Å². The summed E-state index contributed by atoms with van der Waals surface area (Å²) in [7, 11) is 0. The summed E-state index contributed by atoms with van der Waals surface area (Å²) in [5, 5.41) is 24.7. The Balaban J connectivity index is 0.000000655. The molecule has 2 aromatic heterocycles. The van der Waals surface area contributed by atoms with Gasteiger partial charge in [-0.1, -0.05) is 66.7 Å². The van der Waals surface area contributed by atoms with E-state index in [9.17, 15) is 19.8 Å². The number of carboxylic acids is 1. The highest BCUT2D eigenvalue weighted by atomic mass is 35.5. The number of thiophene rings is 1. The monoisotopic (exact) mass is 508 g/mol. The van der Waals surface area contributed by atoms with Gasteiger partial charge in [0.1, 0.15) is 17.0 Å². The van der Waals surface area contributed by atoms with Crippen molar-refractivity contribution in [2.75, 3.05) is 5.32 Å². The highest BCUT2D eigenvalue weighted by Crippen LogP contribution is 2.37. The predicted octanol–water partition coefficient (Wildman–Crippen LogP) is 7.65. The van der Waals surface area contributed by atoms with E-state index < -0.39 is 11.9 Å². The number of phenols is 1. The highest BCUT2D eigenvalue weighted by molar-refractivity contribution is 7.14. The Morgan fingerprint density at radius 2 is 1.71 bits per heavy atom. The number of anilines is 1. The van der Waals surface area contributed by atoms with Crippen molar-refractivity contribution >= 4 is 51.4 Å². The molecule has 6 nitrogen and oxygen atoms in total. The molecule has 4 aromatic rings. The smallest absolute Gasteiger partial charge is 0.339 e. The summed E-state index contributed by atoms with van der Waals surface area (Å²) in [6.45, 7) is 12.3. The molecule has 2 heterocycles. The molecular formula is C27H25ClN2O4S. The van der Waals surface area contributed by atoms with Gasteiger partial charge >= 0.3 is 5.97 Å². The Kier molecular flexibility index (Phi) is 9.71. The number of phenolic OH excluding ortho intramolecular Hbond substituents is 1. The Morgan fingerprint density at radius 1 is 1.09 bits per heavy atom. The minimum Gasteiger partial charge on any atom is -0.507 e. The molecule has 0 spiro atoms. The normalized spacial score (nSPS) is 9.60. The quantitative estimate of drug-likeness (QED) is 0.212. The molecule has 180 valence electrons. The number of hydrogen-bond acceptors (Lipinski definition) is 4. The fraction of sp³-hybridized carbons (Fsp3) is 0.111. The van der Waals surface area contributed by atoms with Crippen molar-refractivity contribution in [1.82, 2.24) is 4.98 Å². The molecule has 4 rings (SSSR count). The number of aryl methyl sites for hydroxylation is 1. The number of aromatic carboxylic acids is 1. The van der Waals surface area contributed by atoms with Crippen LogP contribution in [0.3, 0.4) is 0 Å². The van der Waals surface area contributed by atoms with Crippen LogP contribution in [0.25, 0.3) is 21.3 Å². The van der Waals surface area contributed by atoms with Gasteiger partial charge in [0.2, 0.25) is 0 Å². The first kappa shape index (κ1) is 27.3. The van der Waals surface area contributed by atoms with Gasteiger partial charge in [0.15, 0.2) is 0 Å². The standard InChI is InChI=1S/C21H15ClN2O4S.C4H4.C2H6/c1-10-2-4-11(5-3-10)19-18(21(27)28)16(9-29-19)24-20(26)15-8-13-14(23-15)6-12(22)7-17(13)25;1-3-4-2;1-2/h2-9,23,25H,1H3,(H,24,26)(H,27,28);1-2H2;1-2H3. The van der Waals surface area contributed by atoms with E-state index in [1.807, 2.05) is 45.0 Å². The summed E-state index contributed by atoms with van der Waals surface area (Å²) in [4.78, 5) is 28.0. The van der Waals surface area contributed by atoms with Gasteiger partial charge in [-0.2, -0.15) is 0 Å². The second-order valence-corrected chi connectivity index (χ2v) is 8.22. The third-order valence-electron chi connectivity index (χ3n) is 4.62. The third-order valence-corrected chi connectivity index (χ3v) is 5.86. The second-order valence-electron chi connectivity index (χ2n) is 6.90. The van der Waals surface area contributed by atoms with Crippen LogP contribution in [0.4, 0.5) is 5.69 Å². The fourth-order valence-corrected chi connectivity index (χ4v) is 4.29. The molecule has 35 heavy (non-hydrogen) atoms. The molecular weight excluding hydrogens is 484 g/mol. The molecule has 2 aromatic carbocycles. The van der Waals surface area contributed by atoms with Crippen LogP contribution < -0.4 is 5.32 Å². The van der Waals surface area contributed by atoms with Gasteiger partial charge in [-0.15, -0.1) is 11.3 Å². The predicted molar refractivity (Wildman–Crippen MR) is 144 cm³/mol. The van der Waals surface area contributed by atoms with Crippen LogP contribution in [-0.2, 0) is 0 Å². The van der Waals surface area contributed by atoms with Crippen LogP contribution in [0.1, 0.15) is 40.3 Å². The van der Waals surface area contributed by atoms with Crippen molar-refractivity contribution < 1.29 is 19.8 Å². The first-order valence-electron chi connectivity index (χ1n) is 10.5. The second kappa shape index (κ2) is 12.5. The Hall–Kier alpha value is -3.99. The number of amides is 1. The zero-order valence-corrected chi connectivity index (χ0v) is 21.1. The molecule has 0 radical (unpaired) electrons. The number of aromatic nitrogens is 1. The van der Waals surface area contributed by atoms with Gasteiger partial charge in [-0.05, 0) is 43.8 Å². The maximum absolute atomic E-state index is 12.7.